The van der Waals surface area contributed by atoms with Crippen LogP contribution in [0.15, 0.2) is 71.3 Å². The Labute approximate surface area is 160 Å². The number of non-ortho nitro benzene ring substituents is 1. The van der Waals surface area contributed by atoms with E-state index in [1.54, 1.807) is 31.2 Å². The number of nitro benzene ring substituents is 1. The molecule has 3 aromatic carbocycles. The molecule has 7 heteroatoms. The lowest BCUT2D eigenvalue weighted by molar-refractivity contribution is -0.384. The Morgan fingerprint density at radius 2 is 1.86 bits per heavy atom. The molecule has 1 unspecified atom stereocenters. The van der Waals surface area contributed by atoms with E-state index >= 15 is 0 Å². The van der Waals surface area contributed by atoms with Crippen molar-refractivity contribution in [1.82, 2.24) is 5.16 Å². The van der Waals surface area contributed by atoms with Crippen LogP contribution in [0, 0.1) is 17.0 Å². The van der Waals surface area contributed by atoms with E-state index in [4.69, 9.17) is 4.52 Å². The molecule has 0 saturated carbocycles. The number of rotatable bonds is 5. The minimum Gasteiger partial charge on any atom is -0.508 e. The highest BCUT2D eigenvalue weighted by Crippen LogP contribution is 2.38. The van der Waals surface area contributed by atoms with Gasteiger partial charge in [0.15, 0.2) is 5.82 Å². The summed E-state index contributed by atoms with van der Waals surface area (Å²) < 4.78 is 5.14. The maximum Gasteiger partial charge on any atom is 0.269 e. The third-order valence-corrected chi connectivity index (χ3v) is 4.59. The topological polar surface area (TPSA) is 101 Å². The molecule has 28 heavy (non-hydrogen) atoms. The van der Waals surface area contributed by atoms with Crippen molar-refractivity contribution in [3.05, 3.63) is 93.7 Å². The number of hydrogen-bond acceptors (Lipinski definition) is 6. The molecule has 2 N–H and O–H groups in total. The molecule has 0 amide bonds. The van der Waals surface area contributed by atoms with Gasteiger partial charge in [-0.1, -0.05) is 35.5 Å². The third-order valence-electron chi connectivity index (χ3n) is 4.59. The van der Waals surface area contributed by atoms with Crippen molar-refractivity contribution in [2.45, 2.75) is 13.0 Å². The number of hydrogen-bond donors (Lipinski definition) is 2. The van der Waals surface area contributed by atoms with Gasteiger partial charge in [0.1, 0.15) is 11.5 Å². The van der Waals surface area contributed by atoms with Crippen molar-refractivity contribution in [3.63, 3.8) is 0 Å². The third kappa shape index (κ3) is 3.25. The average molecular weight is 375 g/mol. The van der Waals surface area contributed by atoms with Gasteiger partial charge in [0.05, 0.1) is 11.0 Å². The summed E-state index contributed by atoms with van der Waals surface area (Å²) in [4.78, 5) is 10.6. The summed E-state index contributed by atoms with van der Waals surface area (Å²) in [5.74, 6) is 1.27. The molecule has 0 aliphatic heterocycles. The van der Waals surface area contributed by atoms with Crippen molar-refractivity contribution < 1.29 is 14.6 Å². The molecule has 7 nitrogen and oxygen atoms in total. The minimum absolute atomic E-state index is 0.00178. The predicted octanol–water partition coefficient (Wildman–Crippen LogP) is 4.95. The fraction of sp³-hybridized carbons (Fsp3) is 0.0952. The van der Waals surface area contributed by atoms with Gasteiger partial charge in [-0.05, 0) is 41.5 Å². The Balaban J connectivity index is 1.88. The molecule has 0 aliphatic carbocycles. The molecule has 0 fully saturated rings. The maximum atomic E-state index is 11.0. The first-order chi connectivity index (χ1) is 13.5. The smallest absolute Gasteiger partial charge is 0.269 e. The van der Waals surface area contributed by atoms with E-state index in [0.717, 1.165) is 16.3 Å². The molecule has 0 radical (unpaired) electrons. The first kappa shape index (κ1) is 17.5. The number of benzene rings is 3. The minimum atomic E-state index is -0.489. The molecule has 1 aromatic heterocycles. The number of nitro groups is 1. The normalized spacial score (nSPS) is 12.0. The van der Waals surface area contributed by atoms with Crippen LogP contribution in [0.2, 0.25) is 0 Å². The van der Waals surface area contributed by atoms with E-state index in [9.17, 15) is 15.2 Å². The van der Waals surface area contributed by atoms with Crippen LogP contribution in [0.5, 0.6) is 5.75 Å². The van der Waals surface area contributed by atoms with Gasteiger partial charge in [0, 0.05) is 23.8 Å². The number of phenolic OH excluding ortho intramolecular Hbond substituents is 1. The van der Waals surface area contributed by atoms with Gasteiger partial charge in [-0.25, -0.2) is 0 Å². The number of nitrogens with one attached hydrogen (secondary N) is 1. The first-order valence-corrected chi connectivity index (χ1v) is 8.68. The van der Waals surface area contributed by atoms with Crippen molar-refractivity contribution in [2.75, 3.05) is 5.32 Å². The van der Waals surface area contributed by atoms with Crippen molar-refractivity contribution in [2.24, 2.45) is 0 Å². The SMILES string of the molecule is Cc1cc(NC(c2ccc([N+](=O)[O-])cc2)c2c(O)ccc3ccccc23)no1. The van der Waals surface area contributed by atoms with Crippen LogP contribution in [0.1, 0.15) is 22.9 Å². The van der Waals surface area contributed by atoms with Crippen molar-refractivity contribution in [1.29, 1.82) is 0 Å². The quantitative estimate of drug-likeness (QED) is 0.378. The van der Waals surface area contributed by atoms with E-state index in [1.165, 1.54) is 12.1 Å². The summed E-state index contributed by atoms with van der Waals surface area (Å²) in [7, 11) is 0. The lowest BCUT2D eigenvalue weighted by atomic mass is 9.92. The van der Waals surface area contributed by atoms with Crippen LogP contribution >= 0.6 is 0 Å². The van der Waals surface area contributed by atoms with Crippen LogP contribution < -0.4 is 5.32 Å². The Hall–Kier alpha value is -3.87. The summed E-state index contributed by atoms with van der Waals surface area (Å²) in [6.45, 7) is 1.79. The molecule has 4 rings (SSSR count). The van der Waals surface area contributed by atoms with E-state index in [1.807, 2.05) is 30.3 Å². The molecule has 0 spiro atoms. The Morgan fingerprint density at radius 1 is 1.11 bits per heavy atom. The highest BCUT2D eigenvalue weighted by Gasteiger charge is 2.22. The number of fused-ring (bicyclic) bond motifs is 1. The van der Waals surface area contributed by atoms with Crippen LogP contribution in [-0.2, 0) is 0 Å². The molecule has 4 aromatic rings. The lowest BCUT2D eigenvalue weighted by Gasteiger charge is -2.22. The van der Waals surface area contributed by atoms with E-state index in [0.29, 0.717) is 17.1 Å². The molecular formula is C21H17N3O4. The second-order valence-corrected chi connectivity index (χ2v) is 6.47. The van der Waals surface area contributed by atoms with Crippen LogP contribution in [-0.4, -0.2) is 15.2 Å². The zero-order chi connectivity index (χ0) is 19.7. The van der Waals surface area contributed by atoms with E-state index in [2.05, 4.69) is 10.5 Å². The van der Waals surface area contributed by atoms with Gasteiger partial charge in [-0.3, -0.25) is 10.1 Å². The van der Waals surface area contributed by atoms with Gasteiger partial charge in [0.25, 0.3) is 5.69 Å². The second kappa shape index (κ2) is 7.03. The Morgan fingerprint density at radius 3 is 2.54 bits per heavy atom. The van der Waals surface area contributed by atoms with Gasteiger partial charge in [-0.2, -0.15) is 0 Å². The van der Waals surface area contributed by atoms with Crippen LogP contribution in [0.3, 0.4) is 0 Å². The van der Waals surface area contributed by atoms with E-state index in [-0.39, 0.29) is 11.4 Å². The summed E-state index contributed by atoms with van der Waals surface area (Å²) in [6.07, 6.45) is 0. The van der Waals surface area contributed by atoms with Gasteiger partial charge in [0.2, 0.25) is 0 Å². The number of aryl methyl sites for hydroxylation is 1. The van der Waals surface area contributed by atoms with Gasteiger partial charge in [-0.15, -0.1) is 0 Å². The Bertz CT molecular complexity index is 1150. The summed E-state index contributed by atoms with van der Waals surface area (Å²) in [5, 5.41) is 30.8. The monoisotopic (exact) mass is 375 g/mol. The largest absolute Gasteiger partial charge is 0.508 e. The molecule has 0 aliphatic rings. The standard InChI is InChI=1S/C21H17N3O4/c1-13-12-19(23-28-13)22-21(15-6-9-16(10-7-15)24(26)27)20-17-5-3-2-4-14(17)8-11-18(20)25/h2-12,21,25H,1H3,(H,22,23). The van der Waals surface area contributed by atoms with Crippen LogP contribution in [0.4, 0.5) is 11.5 Å². The van der Waals surface area contributed by atoms with Crippen LogP contribution in [0.25, 0.3) is 10.8 Å². The fourth-order valence-electron chi connectivity index (χ4n) is 3.28. The number of anilines is 1. The first-order valence-electron chi connectivity index (χ1n) is 8.68. The zero-order valence-corrected chi connectivity index (χ0v) is 15.0. The Kier molecular flexibility index (Phi) is 4.41. The number of aromatic hydroxyl groups is 1. The molecule has 0 saturated heterocycles. The predicted molar refractivity (Wildman–Crippen MR) is 105 cm³/mol. The number of nitrogens with zero attached hydrogens (tertiary/aromatic N) is 2. The highest BCUT2D eigenvalue weighted by molar-refractivity contribution is 5.89. The zero-order valence-electron chi connectivity index (χ0n) is 15.0. The molecule has 0 bridgehead atoms. The number of aromatic nitrogens is 1. The molecular weight excluding hydrogens is 358 g/mol. The number of phenols is 1. The van der Waals surface area contributed by atoms with Crippen molar-refractivity contribution in [3.8, 4) is 5.75 Å². The summed E-state index contributed by atoms with van der Waals surface area (Å²) in [5.41, 5.74) is 1.41. The van der Waals surface area contributed by atoms with Gasteiger partial charge < -0.3 is 14.9 Å². The molecule has 1 atom stereocenters. The maximum absolute atomic E-state index is 11.0. The fourth-order valence-corrected chi connectivity index (χ4v) is 3.28. The second-order valence-electron chi connectivity index (χ2n) is 6.47. The van der Waals surface area contributed by atoms with E-state index < -0.39 is 11.0 Å². The molecule has 1 heterocycles. The summed E-state index contributed by atoms with van der Waals surface area (Å²) >= 11 is 0. The van der Waals surface area contributed by atoms with Gasteiger partial charge >= 0.3 is 0 Å². The molecule has 140 valence electrons. The van der Waals surface area contributed by atoms with Crippen molar-refractivity contribution >= 4 is 22.3 Å². The lowest BCUT2D eigenvalue weighted by Crippen LogP contribution is -2.13. The highest BCUT2D eigenvalue weighted by atomic mass is 16.6. The average Bonchev–Trinajstić information content (AvgIpc) is 3.11. The summed E-state index contributed by atoms with van der Waals surface area (Å²) in [6, 6.07) is 18.7.